The molecule has 0 aromatic heterocycles. The normalized spacial score (nSPS) is 13.7. The van der Waals surface area contributed by atoms with Crippen LogP contribution in [0.4, 0.5) is 11.4 Å². The maximum absolute atomic E-state index is 5.92. The minimum Gasteiger partial charge on any atom is -0.399 e. The molecule has 0 saturated heterocycles. The summed E-state index contributed by atoms with van der Waals surface area (Å²) in [6.45, 7) is 6.81. The second kappa shape index (κ2) is 13.3. The number of hydrogen-bond donors (Lipinski definition) is 2. The van der Waals surface area contributed by atoms with Gasteiger partial charge in [0.25, 0.3) is 0 Å². The van der Waals surface area contributed by atoms with Crippen molar-refractivity contribution >= 4 is 11.4 Å². The Hall–Kier alpha value is -3.52. The molecule has 0 heterocycles. The topological polar surface area (TPSA) is 52.0 Å². The number of benzene rings is 4. The van der Waals surface area contributed by atoms with Gasteiger partial charge < -0.3 is 11.5 Å². The van der Waals surface area contributed by atoms with Gasteiger partial charge in [-0.05, 0) is 89.2 Å². The molecule has 0 aliphatic heterocycles. The summed E-state index contributed by atoms with van der Waals surface area (Å²) in [4.78, 5) is 0. The largest absolute Gasteiger partial charge is 0.399 e. The number of nitrogens with two attached hydrogens (primary N) is 2. The van der Waals surface area contributed by atoms with E-state index < -0.39 is 0 Å². The van der Waals surface area contributed by atoms with Crippen LogP contribution in [-0.4, -0.2) is 0 Å². The van der Waals surface area contributed by atoms with Crippen molar-refractivity contribution in [1.82, 2.24) is 0 Å². The molecule has 4 aromatic carbocycles. The van der Waals surface area contributed by atoms with Crippen molar-refractivity contribution in [2.45, 2.75) is 77.0 Å². The lowest BCUT2D eigenvalue weighted by atomic mass is 9.84. The summed E-state index contributed by atoms with van der Waals surface area (Å²) in [6, 6.07) is 35.5. The molecule has 0 fully saturated rings. The van der Waals surface area contributed by atoms with Gasteiger partial charge in [-0.3, -0.25) is 0 Å². The van der Waals surface area contributed by atoms with Crippen LogP contribution >= 0.6 is 0 Å². The highest BCUT2D eigenvalue weighted by Crippen LogP contribution is 2.33. The second-order valence-electron chi connectivity index (χ2n) is 10.7. The third kappa shape index (κ3) is 6.86. The van der Waals surface area contributed by atoms with E-state index in [0.717, 1.165) is 30.6 Å². The Morgan fingerprint density at radius 1 is 0.500 bits per heavy atom. The molecule has 0 amide bonds. The van der Waals surface area contributed by atoms with Crippen molar-refractivity contribution in [2.24, 2.45) is 0 Å². The first kappa shape index (κ1) is 27.5. The van der Waals surface area contributed by atoms with Crippen LogP contribution in [0.5, 0.6) is 0 Å². The molecule has 4 aromatic rings. The van der Waals surface area contributed by atoms with E-state index in [-0.39, 0.29) is 0 Å². The molecule has 0 radical (unpaired) electrons. The van der Waals surface area contributed by atoms with Crippen molar-refractivity contribution in [3.05, 3.63) is 130 Å². The fraction of sp³-hybridized carbons (Fsp3) is 0.333. The van der Waals surface area contributed by atoms with Crippen molar-refractivity contribution in [2.75, 3.05) is 11.5 Å². The van der Waals surface area contributed by atoms with Crippen LogP contribution < -0.4 is 11.5 Å². The molecule has 0 aliphatic rings. The summed E-state index contributed by atoms with van der Waals surface area (Å²) in [7, 11) is 0. The quantitative estimate of drug-likeness (QED) is 0.189. The lowest BCUT2D eigenvalue weighted by Crippen LogP contribution is -2.06. The average molecular weight is 505 g/mol. The van der Waals surface area contributed by atoms with E-state index in [1.165, 1.54) is 52.6 Å². The van der Waals surface area contributed by atoms with Crippen molar-refractivity contribution in [3.63, 3.8) is 0 Å². The molecule has 0 aliphatic carbocycles. The predicted octanol–water partition coefficient (Wildman–Crippen LogP) is 9.45. The molecule has 38 heavy (non-hydrogen) atoms. The zero-order valence-corrected chi connectivity index (χ0v) is 23.4. The lowest BCUT2D eigenvalue weighted by Gasteiger charge is -2.21. The van der Waals surface area contributed by atoms with E-state index in [1.807, 2.05) is 24.3 Å². The Morgan fingerprint density at radius 3 is 1.26 bits per heavy atom. The Morgan fingerprint density at radius 2 is 0.868 bits per heavy atom. The van der Waals surface area contributed by atoms with Crippen LogP contribution in [0.15, 0.2) is 97.1 Å². The van der Waals surface area contributed by atoms with Gasteiger partial charge in [0.1, 0.15) is 0 Å². The minimum atomic E-state index is 0.402. The maximum atomic E-state index is 5.92. The first-order chi connectivity index (χ1) is 18.5. The molecule has 0 spiro atoms. The van der Waals surface area contributed by atoms with Gasteiger partial charge in [0.15, 0.2) is 0 Å². The molecule has 0 saturated carbocycles. The van der Waals surface area contributed by atoms with E-state index in [0.29, 0.717) is 17.8 Å². The van der Waals surface area contributed by atoms with Gasteiger partial charge >= 0.3 is 0 Å². The van der Waals surface area contributed by atoms with E-state index >= 15 is 0 Å². The van der Waals surface area contributed by atoms with Crippen LogP contribution in [0.25, 0.3) is 0 Å². The zero-order chi connectivity index (χ0) is 26.9. The van der Waals surface area contributed by atoms with Crippen LogP contribution in [0, 0.1) is 0 Å². The summed E-state index contributed by atoms with van der Waals surface area (Å²) in [6.07, 6.45) is 6.92. The molecule has 4 rings (SSSR count). The van der Waals surface area contributed by atoms with E-state index in [9.17, 15) is 0 Å². The smallest absolute Gasteiger partial charge is 0.0314 e. The van der Waals surface area contributed by atoms with Crippen molar-refractivity contribution in [3.8, 4) is 0 Å². The third-order valence-corrected chi connectivity index (χ3v) is 8.07. The highest BCUT2D eigenvalue weighted by atomic mass is 14.5. The highest BCUT2D eigenvalue weighted by molar-refractivity contribution is 5.44. The van der Waals surface area contributed by atoms with Gasteiger partial charge in [-0.15, -0.1) is 0 Å². The minimum absolute atomic E-state index is 0.402. The Labute approximate surface area is 230 Å². The fourth-order valence-corrected chi connectivity index (χ4v) is 5.79. The number of hydrogen-bond acceptors (Lipinski definition) is 2. The summed E-state index contributed by atoms with van der Waals surface area (Å²) >= 11 is 0. The molecule has 3 unspecified atom stereocenters. The Balaban J connectivity index is 1.50. The molecule has 4 N–H and O–H groups in total. The average Bonchev–Trinajstić information content (AvgIpc) is 2.95. The maximum Gasteiger partial charge on any atom is 0.0314 e. The monoisotopic (exact) mass is 504 g/mol. The number of nitrogen functional groups attached to an aromatic ring is 2. The summed E-state index contributed by atoms with van der Waals surface area (Å²) in [5.41, 5.74) is 21.8. The zero-order valence-electron chi connectivity index (χ0n) is 23.4. The number of anilines is 2. The van der Waals surface area contributed by atoms with Crippen LogP contribution in [0.2, 0.25) is 0 Å². The third-order valence-electron chi connectivity index (χ3n) is 8.07. The molecule has 198 valence electrons. The predicted molar refractivity (Wildman–Crippen MR) is 165 cm³/mol. The van der Waals surface area contributed by atoms with E-state index in [1.54, 1.807) is 0 Å². The number of rotatable bonds is 12. The van der Waals surface area contributed by atoms with Crippen LogP contribution in [0.3, 0.4) is 0 Å². The fourth-order valence-electron chi connectivity index (χ4n) is 5.79. The van der Waals surface area contributed by atoms with Crippen molar-refractivity contribution in [1.29, 1.82) is 0 Å². The standard InChI is InChI=1S/C36H44N2/c1-4-7-8-32(27-13-15-29(16-14-27)36(6-3)31-19-23-34(38)24-20-31)25-26-9-11-28(12-10-26)35(5-2)30-17-21-33(37)22-18-30/h9-24,32,35-36H,4-8,25,37-38H2,1-3H3. The molecule has 0 bridgehead atoms. The molecular weight excluding hydrogens is 460 g/mol. The molecule has 2 heteroatoms. The van der Waals surface area contributed by atoms with Gasteiger partial charge in [-0.25, -0.2) is 0 Å². The summed E-state index contributed by atoms with van der Waals surface area (Å²) < 4.78 is 0. The Bertz CT molecular complexity index is 1240. The van der Waals surface area contributed by atoms with Crippen LogP contribution in [-0.2, 0) is 6.42 Å². The van der Waals surface area contributed by atoms with E-state index in [2.05, 4.69) is 93.6 Å². The second-order valence-corrected chi connectivity index (χ2v) is 10.7. The summed E-state index contributed by atoms with van der Waals surface area (Å²) in [5.74, 6) is 1.34. The van der Waals surface area contributed by atoms with Gasteiger partial charge in [0.2, 0.25) is 0 Å². The SMILES string of the molecule is CCCCC(Cc1ccc(C(CC)c2ccc(N)cc2)cc1)c1ccc(C(CC)c2ccc(N)cc2)cc1. The van der Waals surface area contributed by atoms with E-state index in [4.69, 9.17) is 11.5 Å². The van der Waals surface area contributed by atoms with Crippen molar-refractivity contribution < 1.29 is 0 Å². The van der Waals surface area contributed by atoms with Gasteiger partial charge in [0, 0.05) is 23.2 Å². The Kier molecular flexibility index (Phi) is 9.65. The van der Waals surface area contributed by atoms with Crippen LogP contribution in [0.1, 0.15) is 104 Å². The van der Waals surface area contributed by atoms with Gasteiger partial charge in [0.05, 0.1) is 0 Å². The molecule has 3 atom stereocenters. The van der Waals surface area contributed by atoms with Gasteiger partial charge in [-0.2, -0.15) is 0 Å². The first-order valence-electron chi connectivity index (χ1n) is 14.4. The molecular formula is C36H44N2. The molecule has 2 nitrogen and oxygen atoms in total. The first-order valence-corrected chi connectivity index (χ1v) is 14.4. The number of unbranched alkanes of at least 4 members (excludes halogenated alkanes) is 1. The highest BCUT2D eigenvalue weighted by Gasteiger charge is 2.17. The lowest BCUT2D eigenvalue weighted by molar-refractivity contribution is 0.581. The summed E-state index contributed by atoms with van der Waals surface area (Å²) in [5, 5.41) is 0. The van der Waals surface area contributed by atoms with Gasteiger partial charge in [-0.1, -0.05) is 106 Å².